The molecule has 0 amide bonds. The van der Waals surface area contributed by atoms with E-state index in [1.165, 1.54) is 29.2 Å². The zero-order valence-electron chi connectivity index (χ0n) is 14.1. The Bertz CT molecular complexity index is 974. The van der Waals surface area contributed by atoms with E-state index in [2.05, 4.69) is 15.1 Å². The molecule has 0 bridgehead atoms. The van der Waals surface area contributed by atoms with Crippen LogP contribution in [0.4, 0.5) is 4.39 Å². The van der Waals surface area contributed by atoms with Gasteiger partial charge in [-0.05, 0) is 24.7 Å². The minimum atomic E-state index is -3.77. The molecule has 0 aliphatic rings. The van der Waals surface area contributed by atoms with Gasteiger partial charge in [-0.25, -0.2) is 22.2 Å². The number of aromatic nitrogens is 2. The minimum Gasteiger partial charge on any atom is -0.312 e. The first-order chi connectivity index (χ1) is 12.5. The molecular weight excluding hydrogens is 355 g/mol. The standard InChI is InChI=1S/C18H19FN4O2S/c1-20-17(14-7-3-2-4-8-14)12-22-26(24,25)15-11-21-23(13-15)18-10-6-5-9-16(18)19/h2-11,13,17,20,22H,12H2,1H3. The normalized spacial score (nSPS) is 12.8. The smallest absolute Gasteiger partial charge is 0.243 e. The lowest BCUT2D eigenvalue weighted by Gasteiger charge is -2.17. The Labute approximate surface area is 151 Å². The van der Waals surface area contributed by atoms with Crippen molar-refractivity contribution in [2.75, 3.05) is 13.6 Å². The molecule has 26 heavy (non-hydrogen) atoms. The van der Waals surface area contributed by atoms with Crippen molar-refractivity contribution in [1.29, 1.82) is 0 Å². The summed E-state index contributed by atoms with van der Waals surface area (Å²) in [6.07, 6.45) is 2.49. The summed E-state index contributed by atoms with van der Waals surface area (Å²) >= 11 is 0. The summed E-state index contributed by atoms with van der Waals surface area (Å²) in [5.74, 6) is -0.480. The van der Waals surface area contributed by atoms with Gasteiger partial charge in [-0.1, -0.05) is 42.5 Å². The second kappa shape index (κ2) is 7.77. The van der Waals surface area contributed by atoms with E-state index in [0.717, 1.165) is 5.56 Å². The molecule has 0 fully saturated rings. The van der Waals surface area contributed by atoms with E-state index in [1.54, 1.807) is 19.2 Å². The Hall–Kier alpha value is -2.55. The Balaban J connectivity index is 1.76. The molecule has 0 radical (unpaired) electrons. The SMILES string of the molecule is CNC(CNS(=O)(=O)c1cnn(-c2ccccc2F)c1)c1ccccc1. The summed E-state index contributed by atoms with van der Waals surface area (Å²) in [7, 11) is -2.00. The quantitative estimate of drug-likeness (QED) is 0.665. The molecule has 0 saturated carbocycles. The van der Waals surface area contributed by atoms with Crippen LogP contribution in [0.5, 0.6) is 0 Å². The highest BCUT2D eigenvalue weighted by Crippen LogP contribution is 2.16. The molecule has 2 N–H and O–H groups in total. The van der Waals surface area contributed by atoms with Crippen molar-refractivity contribution in [3.8, 4) is 5.69 Å². The lowest BCUT2D eigenvalue weighted by molar-refractivity contribution is 0.547. The lowest BCUT2D eigenvalue weighted by atomic mass is 10.1. The fraction of sp³-hybridized carbons (Fsp3) is 0.167. The number of halogens is 1. The van der Waals surface area contributed by atoms with Gasteiger partial charge in [0.25, 0.3) is 0 Å². The second-order valence-electron chi connectivity index (χ2n) is 5.68. The average Bonchev–Trinajstić information content (AvgIpc) is 3.14. The largest absolute Gasteiger partial charge is 0.312 e. The maximum absolute atomic E-state index is 13.8. The van der Waals surface area contributed by atoms with Crippen molar-refractivity contribution >= 4 is 10.0 Å². The van der Waals surface area contributed by atoms with E-state index in [0.29, 0.717) is 0 Å². The number of hydrogen-bond acceptors (Lipinski definition) is 4. The second-order valence-corrected chi connectivity index (χ2v) is 7.44. The molecule has 1 unspecified atom stereocenters. The Kier molecular flexibility index (Phi) is 5.46. The predicted molar refractivity (Wildman–Crippen MR) is 97.0 cm³/mol. The lowest BCUT2D eigenvalue weighted by Crippen LogP contribution is -2.33. The molecule has 0 saturated heterocycles. The number of likely N-dealkylation sites (N-methyl/N-ethyl adjacent to an activating group) is 1. The van der Waals surface area contributed by atoms with Crippen molar-refractivity contribution in [2.45, 2.75) is 10.9 Å². The van der Waals surface area contributed by atoms with Gasteiger partial charge in [-0.15, -0.1) is 0 Å². The van der Waals surface area contributed by atoms with Crippen LogP contribution in [-0.2, 0) is 10.0 Å². The molecule has 0 aliphatic heterocycles. The first-order valence-corrected chi connectivity index (χ1v) is 9.51. The molecule has 6 nitrogen and oxygen atoms in total. The number of hydrogen-bond donors (Lipinski definition) is 2. The van der Waals surface area contributed by atoms with Gasteiger partial charge in [0.2, 0.25) is 10.0 Å². The Morgan fingerprint density at radius 1 is 1.12 bits per heavy atom. The van der Waals surface area contributed by atoms with Crippen LogP contribution in [0, 0.1) is 5.82 Å². The third kappa shape index (κ3) is 3.98. The van der Waals surface area contributed by atoms with Crippen LogP contribution in [0.2, 0.25) is 0 Å². The summed E-state index contributed by atoms with van der Waals surface area (Å²) < 4.78 is 42.7. The third-order valence-electron chi connectivity index (χ3n) is 4.00. The van der Waals surface area contributed by atoms with Crippen molar-refractivity contribution in [1.82, 2.24) is 19.8 Å². The zero-order valence-corrected chi connectivity index (χ0v) is 14.9. The van der Waals surface area contributed by atoms with Crippen LogP contribution in [0.1, 0.15) is 11.6 Å². The molecule has 0 aliphatic carbocycles. The van der Waals surface area contributed by atoms with Crippen molar-refractivity contribution < 1.29 is 12.8 Å². The van der Waals surface area contributed by atoms with E-state index in [-0.39, 0.29) is 23.2 Å². The van der Waals surface area contributed by atoms with Gasteiger partial charge in [0.1, 0.15) is 16.4 Å². The number of nitrogens with zero attached hydrogens (tertiary/aromatic N) is 2. The highest BCUT2D eigenvalue weighted by molar-refractivity contribution is 7.89. The summed E-state index contributed by atoms with van der Waals surface area (Å²) in [6.45, 7) is 0.174. The van der Waals surface area contributed by atoms with E-state index in [9.17, 15) is 12.8 Å². The summed E-state index contributed by atoms with van der Waals surface area (Å²) in [5, 5.41) is 7.04. The van der Waals surface area contributed by atoms with Crippen molar-refractivity contribution in [3.63, 3.8) is 0 Å². The van der Waals surface area contributed by atoms with E-state index >= 15 is 0 Å². The van der Waals surface area contributed by atoms with Gasteiger partial charge in [-0.3, -0.25) is 0 Å². The molecule has 3 rings (SSSR count). The fourth-order valence-corrected chi connectivity index (χ4v) is 3.54. The first kappa shape index (κ1) is 18.2. The number of nitrogens with one attached hydrogen (secondary N) is 2. The number of para-hydroxylation sites is 1. The predicted octanol–water partition coefficient (Wildman–Crippen LogP) is 2.25. The maximum Gasteiger partial charge on any atom is 0.243 e. The fourth-order valence-electron chi connectivity index (χ4n) is 2.56. The third-order valence-corrected chi connectivity index (χ3v) is 5.37. The number of rotatable bonds is 7. The molecule has 2 aromatic carbocycles. The number of sulfonamides is 1. The molecular formula is C18H19FN4O2S. The Morgan fingerprint density at radius 2 is 1.81 bits per heavy atom. The highest BCUT2D eigenvalue weighted by atomic mass is 32.2. The minimum absolute atomic E-state index is 0.0244. The van der Waals surface area contributed by atoms with Crippen LogP contribution >= 0.6 is 0 Å². The van der Waals surface area contributed by atoms with Crippen molar-refractivity contribution in [2.24, 2.45) is 0 Å². The van der Waals surface area contributed by atoms with Crippen LogP contribution in [0.15, 0.2) is 71.9 Å². The number of benzene rings is 2. The summed E-state index contributed by atoms with van der Waals surface area (Å²) in [4.78, 5) is -0.0244. The first-order valence-electron chi connectivity index (χ1n) is 8.03. The summed E-state index contributed by atoms with van der Waals surface area (Å²) in [5.41, 5.74) is 1.16. The maximum atomic E-state index is 13.8. The van der Waals surface area contributed by atoms with Gasteiger partial charge < -0.3 is 5.32 Å². The molecule has 136 valence electrons. The van der Waals surface area contributed by atoms with Gasteiger partial charge in [0.15, 0.2) is 0 Å². The molecule has 0 spiro atoms. The van der Waals surface area contributed by atoms with Crippen molar-refractivity contribution in [3.05, 3.63) is 78.4 Å². The van der Waals surface area contributed by atoms with Crippen LogP contribution in [0.25, 0.3) is 5.69 Å². The van der Waals surface area contributed by atoms with Crippen LogP contribution < -0.4 is 10.0 Å². The average molecular weight is 374 g/mol. The molecule has 1 aromatic heterocycles. The van der Waals surface area contributed by atoms with E-state index in [1.807, 2.05) is 30.3 Å². The van der Waals surface area contributed by atoms with Crippen LogP contribution in [0.3, 0.4) is 0 Å². The van der Waals surface area contributed by atoms with E-state index < -0.39 is 15.8 Å². The zero-order chi connectivity index (χ0) is 18.6. The molecule has 1 atom stereocenters. The van der Waals surface area contributed by atoms with Gasteiger partial charge in [0.05, 0.1) is 12.4 Å². The highest BCUT2D eigenvalue weighted by Gasteiger charge is 2.20. The molecule has 1 heterocycles. The monoisotopic (exact) mass is 374 g/mol. The molecule has 3 aromatic rings. The van der Waals surface area contributed by atoms with Gasteiger partial charge in [-0.2, -0.15) is 5.10 Å². The Morgan fingerprint density at radius 3 is 2.50 bits per heavy atom. The van der Waals surface area contributed by atoms with E-state index in [4.69, 9.17) is 0 Å². The molecule has 8 heteroatoms. The van der Waals surface area contributed by atoms with Gasteiger partial charge in [0, 0.05) is 12.6 Å². The summed E-state index contributed by atoms with van der Waals surface area (Å²) in [6, 6.07) is 15.4. The topological polar surface area (TPSA) is 76.0 Å². The van der Waals surface area contributed by atoms with Gasteiger partial charge >= 0.3 is 0 Å². The van der Waals surface area contributed by atoms with Crippen LogP contribution in [-0.4, -0.2) is 31.8 Å².